The molecule has 0 saturated carbocycles. The first-order valence-corrected chi connectivity index (χ1v) is 5.81. The maximum atomic E-state index is 9.33. The Morgan fingerprint density at radius 1 is 1.44 bits per heavy atom. The van der Waals surface area contributed by atoms with E-state index in [9.17, 15) is 5.11 Å². The average Bonchev–Trinajstić information content (AvgIpc) is 2.30. The summed E-state index contributed by atoms with van der Waals surface area (Å²) in [5, 5.41) is 12.5. The Bertz CT molecular complexity index is 335. The summed E-state index contributed by atoms with van der Waals surface area (Å²) >= 11 is 0. The van der Waals surface area contributed by atoms with E-state index in [-0.39, 0.29) is 11.8 Å². The summed E-state index contributed by atoms with van der Waals surface area (Å²) in [7, 11) is 0. The molecule has 0 aromatic heterocycles. The van der Waals surface area contributed by atoms with Crippen LogP contribution < -0.4 is 5.32 Å². The Hall–Kier alpha value is -1.44. The molecule has 1 rings (SSSR count). The molecule has 1 heterocycles. The van der Waals surface area contributed by atoms with Crippen molar-refractivity contribution in [3.8, 4) is 0 Å². The van der Waals surface area contributed by atoms with Gasteiger partial charge in [0.05, 0.1) is 6.04 Å². The van der Waals surface area contributed by atoms with E-state index < -0.39 is 0 Å². The Morgan fingerprint density at radius 3 is 2.56 bits per heavy atom. The van der Waals surface area contributed by atoms with E-state index in [1.54, 1.807) is 0 Å². The Labute approximate surface area is 98.1 Å². The van der Waals surface area contributed by atoms with Crippen molar-refractivity contribution >= 4 is 0 Å². The molecular formula is C14H21NO. The Balaban J connectivity index is 2.83. The van der Waals surface area contributed by atoms with Gasteiger partial charge in [0.15, 0.2) is 0 Å². The molecule has 0 amide bonds. The predicted octanol–water partition coefficient (Wildman–Crippen LogP) is 3.46. The van der Waals surface area contributed by atoms with Gasteiger partial charge in [0.1, 0.15) is 5.76 Å². The summed E-state index contributed by atoms with van der Waals surface area (Å²) in [6, 6.07) is -0.0295. The van der Waals surface area contributed by atoms with Gasteiger partial charge in [-0.25, -0.2) is 0 Å². The molecule has 0 saturated heterocycles. The molecule has 0 aromatic rings. The van der Waals surface area contributed by atoms with E-state index >= 15 is 0 Å². The highest BCUT2D eigenvalue weighted by Crippen LogP contribution is 2.24. The van der Waals surface area contributed by atoms with Crippen LogP contribution >= 0.6 is 0 Å². The molecule has 0 aliphatic carbocycles. The smallest absolute Gasteiger partial charge is 0.113 e. The van der Waals surface area contributed by atoms with Crippen LogP contribution in [0.5, 0.6) is 0 Å². The van der Waals surface area contributed by atoms with Crippen LogP contribution in [0.1, 0.15) is 26.7 Å². The quantitative estimate of drug-likeness (QED) is 0.548. The standard InChI is InChI=1S/C14H21NO/c1-5-12(6-2)13-7-8-15-14(9-13)10(3)11(4)16/h7-9,12,14-16H,3-6H2,1-2H3. The highest BCUT2D eigenvalue weighted by Gasteiger charge is 2.17. The summed E-state index contributed by atoms with van der Waals surface area (Å²) < 4.78 is 0. The lowest BCUT2D eigenvalue weighted by molar-refractivity contribution is 0.418. The molecule has 0 aromatic carbocycles. The number of allylic oxidation sites excluding steroid dienone is 2. The van der Waals surface area contributed by atoms with Crippen LogP contribution in [-0.2, 0) is 0 Å². The molecule has 16 heavy (non-hydrogen) atoms. The lowest BCUT2D eigenvalue weighted by Gasteiger charge is -2.24. The Kier molecular flexibility index (Phi) is 4.41. The minimum Gasteiger partial charge on any atom is -0.508 e. The first-order chi connectivity index (χ1) is 7.60. The third-order valence-corrected chi connectivity index (χ3v) is 3.11. The lowest BCUT2D eigenvalue weighted by atomic mass is 9.89. The number of aliphatic hydroxyl groups is 1. The highest BCUT2D eigenvalue weighted by atomic mass is 16.3. The average molecular weight is 219 g/mol. The van der Waals surface area contributed by atoms with Crippen molar-refractivity contribution in [2.45, 2.75) is 32.7 Å². The van der Waals surface area contributed by atoms with Crippen LogP contribution in [0.15, 0.2) is 48.4 Å². The first-order valence-electron chi connectivity index (χ1n) is 5.81. The minimum absolute atomic E-state index is 0.0295. The van der Waals surface area contributed by atoms with Crippen molar-refractivity contribution < 1.29 is 5.11 Å². The van der Waals surface area contributed by atoms with Crippen molar-refractivity contribution in [2.24, 2.45) is 5.92 Å². The van der Waals surface area contributed by atoms with Gasteiger partial charge in [-0.15, -0.1) is 0 Å². The highest BCUT2D eigenvalue weighted by molar-refractivity contribution is 5.37. The van der Waals surface area contributed by atoms with E-state index in [2.05, 4.69) is 44.5 Å². The summed E-state index contributed by atoms with van der Waals surface area (Å²) in [6.07, 6.45) is 8.41. The topological polar surface area (TPSA) is 32.3 Å². The molecule has 0 fully saturated rings. The molecule has 2 N–H and O–H groups in total. The molecule has 0 bridgehead atoms. The molecule has 1 unspecified atom stereocenters. The molecule has 88 valence electrons. The number of hydrogen-bond donors (Lipinski definition) is 2. The van der Waals surface area contributed by atoms with Crippen LogP contribution in [-0.4, -0.2) is 11.1 Å². The van der Waals surface area contributed by atoms with Gasteiger partial charge in [-0.05, 0) is 36.6 Å². The third-order valence-electron chi connectivity index (χ3n) is 3.11. The number of rotatable bonds is 5. The van der Waals surface area contributed by atoms with Crippen molar-refractivity contribution in [1.29, 1.82) is 0 Å². The van der Waals surface area contributed by atoms with E-state index in [1.165, 1.54) is 5.57 Å². The molecule has 2 heteroatoms. The fourth-order valence-corrected chi connectivity index (χ4v) is 1.96. The molecule has 1 atom stereocenters. The number of aliphatic hydroxyl groups excluding tert-OH is 1. The second-order valence-corrected chi connectivity index (χ2v) is 4.13. The number of hydrogen-bond acceptors (Lipinski definition) is 2. The van der Waals surface area contributed by atoms with Gasteiger partial charge in [0.25, 0.3) is 0 Å². The molecule has 2 nitrogen and oxygen atoms in total. The van der Waals surface area contributed by atoms with Gasteiger partial charge >= 0.3 is 0 Å². The first kappa shape index (κ1) is 12.6. The number of nitrogens with one attached hydrogen (secondary N) is 1. The molecule has 1 aliphatic heterocycles. The zero-order valence-corrected chi connectivity index (χ0v) is 10.2. The second-order valence-electron chi connectivity index (χ2n) is 4.13. The van der Waals surface area contributed by atoms with Gasteiger partial charge in [-0.2, -0.15) is 0 Å². The molecular weight excluding hydrogens is 198 g/mol. The fourth-order valence-electron chi connectivity index (χ4n) is 1.96. The van der Waals surface area contributed by atoms with Crippen LogP contribution in [0.4, 0.5) is 0 Å². The zero-order valence-electron chi connectivity index (χ0n) is 10.2. The summed E-state index contributed by atoms with van der Waals surface area (Å²) in [5.74, 6) is 0.633. The summed E-state index contributed by atoms with van der Waals surface area (Å²) in [4.78, 5) is 0. The predicted molar refractivity (Wildman–Crippen MR) is 69.1 cm³/mol. The number of dihydropyridines is 1. The van der Waals surface area contributed by atoms with Gasteiger partial charge < -0.3 is 10.4 Å². The van der Waals surface area contributed by atoms with Gasteiger partial charge in [0, 0.05) is 5.57 Å². The van der Waals surface area contributed by atoms with Gasteiger partial charge in [0.2, 0.25) is 0 Å². The van der Waals surface area contributed by atoms with E-state index in [0.29, 0.717) is 11.5 Å². The minimum atomic E-state index is -0.0295. The second kappa shape index (κ2) is 5.59. The van der Waals surface area contributed by atoms with E-state index in [1.807, 2.05) is 6.20 Å². The van der Waals surface area contributed by atoms with Crippen LogP contribution in [0.3, 0.4) is 0 Å². The summed E-state index contributed by atoms with van der Waals surface area (Å²) in [6.45, 7) is 11.7. The van der Waals surface area contributed by atoms with Gasteiger partial charge in [-0.3, -0.25) is 0 Å². The summed E-state index contributed by atoms with van der Waals surface area (Å²) in [5.41, 5.74) is 1.95. The fraction of sp³-hybridized carbons (Fsp3) is 0.429. The maximum absolute atomic E-state index is 9.33. The van der Waals surface area contributed by atoms with Crippen molar-refractivity contribution in [3.05, 3.63) is 48.4 Å². The SMILES string of the molecule is C=C(O)C(=C)C1C=C(C(CC)CC)C=CN1. The van der Waals surface area contributed by atoms with Crippen LogP contribution in [0.25, 0.3) is 0 Å². The van der Waals surface area contributed by atoms with Crippen LogP contribution in [0, 0.1) is 5.92 Å². The molecule has 1 aliphatic rings. The lowest BCUT2D eigenvalue weighted by Crippen LogP contribution is -2.28. The monoisotopic (exact) mass is 219 g/mol. The molecule has 0 spiro atoms. The van der Waals surface area contributed by atoms with Crippen molar-refractivity contribution in [1.82, 2.24) is 5.32 Å². The van der Waals surface area contributed by atoms with E-state index in [0.717, 1.165) is 12.8 Å². The Morgan fingerprint density at radius 2 is 2.06 bits per heavy atom. The largest absolute Gasteiger partial charge is 0.508 e. The van der Waals surface area contributed by atoms with Gasteiger partial charge in [-0.1, -0.05) is 33.1 Å². The molecule has 0 radical (unpaired) electrons. The van der Waals surface area contributed by atoms with Crippen molar-refractivity contribution in [2.75, 3.05) is 0 Å². The van der Waals surface area contributed by atoms with E-state index in [4.69, 9.17) is 0 Å². The van der Waals surface area contributed by atoms with Crippen LogP contribution in [0.2, 0.25) is 0 Å². The maximum Gasteiger partial charge on any atom is 0.113 e. The third kappa shape index (κ3) is 2.78. The zero-order chi connectivity index (χ0) is 12.1. The van der Waals surface area contributed by atoms with Crippen molar-refractivity contribution in [3.63, 3.8) is 0 Å². The normalized spacial score (nSPS) is 19.2.